The van der Waals surface area contributed by atoms with Crippen LogP contribution in [0.4, 0.5) is 10.1 Å². The molecule has 0 aromatic heterocycles. The van der Waals surface area contributed by atoms with E-state index < -0.39 is 0 Å². The standard InChI is InChI=1S/C8H10FNO/c9-8-2-1-7(10)5-6(8)3-4-11/h1-2,5,11H,3-4,10H2. The highest BCUT2D eigenvalue weighted by molar-refractivity contribution is 5.41. The predicted octanol–water partition coefficient (Wildman–Crippen LogP) is 0.943. The summed E-state index contributed by atoms with van der Waals surface area (Å²) in [6.45, 7) is -0.0552. The lowest BCUT2D eigenvalue weighted by Gasteiger charge is -2.00. The van der Waals surface area contributed by atoms with Crippen molar-refractivity contribution >= 4 is 5.69 Å². The van der Waals surface area contributed by atoms with Crippen molar-refractivity contribution in [2.75, 3.05) is 12.3 Å². The Kier molecular flexibility index (Phi) is 2.44. The number of nitrogens with two attached hydrogens (primary N) is 1. The zero-order valence-electron chi connectivity index (χ0n) is 6.05. The molecule has 0 heterocycles. The number of hydrogen-bond donors (Lipinski definition) is 2. The monoisotopic (exact) mass is 155 g/mol. The van der Waals surface area contributed by atoms with Gasteiger partial charge in [0.2, 0.25) is 0 Å². The largest absolute Gasteiger partial charge is 0.399 e. The molecule has 0 aliphatic carbocycles. The van der Waals surface area contributed by atoms with Crippen molar-refractivity contribution in [2.24, 2.45) is 0 Å². The van der Waals surface area contributed by atoms with E-state index in [1.54, 1.807) is 0 Å². The molecule has 0 radical (unpaired) electrons. The summed E-state index contributed by atoms with van der Waals surface area (Å²) in [4.78, 5) is 0. The fourth-order valence-electron chi connectivity index (χ4n) is 0.907. The maximum absolute atomic E-state index is 12.8. The van der Waals surface area contributed by atoms with Crippen LogP contribution in [0.5, 0.6) is 0 Å². The van der Waals surface area contributed by atoms with Crippen LogP contribution in [0.25, 0.3) is 0 Å². The summed E-state index contributed by atoms with van der Waals surface area (Å²) in [5, 5.41) is 8.53. The molecular formula is C8H10FNO. The molecule has 0 aliphatic heterocycles. The Labute approximate surface area is 64.5 Å². The molecule has 1 rings (SSSR count). The van der Waals surface area contributed by atoms with Gasteiger partial charge in [0.25, 0.3) is 0 Å². The van der Waals surface area contributed by atoms with Gasteiger partial charge in [-0.05, 0) is 30.2 Å². The second kappa shape index (κ2) is 3.34. The van der Waals surface area contributed by atoms with Crippen LogP contribution < -0.4 is 5.73 Å². The lowest BCUT2D eigenvalue weighted by Crippen LogP contribution is -1.96. The van der Waals surface area contributed by atoms with E-state index in [9.17, 15) is 4.39 Å². The Bertz CT molecular complexity index is 250. The average molecular weight is 155 g/mol. The van der Waals surface area contributed by atoms with Crippen molar-refractivity contribution in [2.45, 2.75) is 6.42 Å². The van der Waals surface area contributed by atoms with Gasteiger partial charge >= 0.3 is 0 Å². The number of aliphatic hydroxyl groups excluding tert-OH is 1. The van der Waals surface area contributed by atoms with E-state index in [2.05, 4.69) is 0 Å². The van der Waals surface area contributed by atoms with E-state index >= 15 is 0 Å². The van der Waals surface area contributed by atoms with Gasteiger partial charge in [-0.3, -0.25) is 0 Å². The predicted molar refractivity (Wildman–Crippen MR) is 41.6 cm³/mol. The molecule has 0 atom stereocenters. The summed E-state index contributed by atoms with van der Waals surface area (Å²) in [5.74, 6) is -0.312. The number of nitrogen functional groups attached to an aromatic ring is 1. The van der Waals surface area contributed by atoms with Gasteiger partial charge in [-0.15, -0.1) is 0 Å². The van der Waals surface area contributed by atoms with Gasteiger partial charge in [0.15, 0.2) is 0 Å². The number of hydrogen-bond acceptors (Lipinski definition) is 2. The molecule has 0 unspecified atom stereocenters. The molecule has 0 saturated heterocycles. The van der Waals surface area contributed by atoms with Gasteiger partial charge in [0.05, 0.1) is 0 Å². The van der Waals surface area contributed by atoms with Crippen LogP contribution >= 0.6 is 0 Å². The summed E-state index contributed by atoms with van der Waals surface area (Å²) in [6.07, 6.45) is 0.316. The minimum atomic E-state index is -0.312. The molecule has 0 spiro atoms. The third kappa shape index (κ3) is 1.91. The molecule has 1 aromatic carbocycles. The quantitative estimate of drug-likeness (QED) is 0.624. The number of benzene rings is 1. The van der Waals surface area contributed by atoms with Crippen LogP contribution in [0.2, 0.25) is 0 Å². The SMILES string of the molecule is Nc1ccc(F)c(CCO)c1. The van der Waals surface area contributed by atoms with E-state index in [0.29, 0.717) is 17.7 Å². The van der Waals surface area contributed by atoms with Crippen LogP contribution in [0, 0.1) is 5.82 Å². The highest BCUT2D eigenvalue weighted by Crippen LogP contribution is 2.11. The van der Waals surface area contributed by atoms with E-state index in [1.165, 1.54) is 18.2 Å². The number of halogens is 1. The first-order valence-corrected chi connectivity index (χ1v) is 3.39. The molecule has 1 aromatic rings. The van der Waals surface area contributed by atoms with Gasteiger partial charge in [-0.2, -0.15) is 0 Å². The first-order valence-electron chi connectivity index (χ1n) is 3.39. The van der Waals surface area contributed by atoms with Crippen LogP contribution in [-0.2, 0) is 6.42 Å². The van der Waals surface area contributed by atoms with Crippen LogP contribution in [0.1, 0.15) is 5.56 Å². The Balaban J connectivity index is 2.93. The second-order valence-electron chi connectivity index (χ2n) is 2.32. The third-order valence-electron chi connectivity index (χ3n) is 1.45. The van der Waals surface area contributed by atoms with Gasteiger partial charge in [-0.1, -0.05) is 0 Å². The fraction of sp³-hybridized carbons (Fsp3) is 0.250. The zero-order chi connectivity index (χ0) is 8.27. The molecule has 0 amide bonds. The minimum Gasteiger partial charge on any atom is -0.399 e. The first-order chi connectivity index (χ1) is 5.24. The van der Waals surface area contributed by atoms with E-state index in [0.717, 1.165) is 0 Å². The summed E-state index contributed by atoms with van der Waals surface area (Å²) >= 11 is 0. The lowest BCUT2D eigenvalue weighted by atomic mass is 10.1. The van der Waals surface area contributed by atoms with Crippen LogP contribution in [0.15, 0.2) is 18.2 Å². The van der Waals surface area contributed by atoms with Crippen molar-refractivity contribution in [1.82, 2.24) is 0 Å². The number of aliphatic hydroxyl groups is 1. The topological polar surface area (TPSA) is 46.2 Å². The minimum absolute atomic E-state index is 0.0552. The highest BCUT2D eigenvalue weighted by atomic mass is 19.1. The van der Waals surface area contributed by atoms with Crippen molar-refractivity contribution in [3.8, 4) is 0 Å². The summed E-state index contributed by atoms with van der Waals surface area (Å²) in [5.41, 5.74) is 6.40. The Hall–Kier alpha value is -1.09. The molecule has 0 saturated carbocycles. The Morgan fingerprint density at radius 3 is 2.82 bits per heavy atom. The Morgan fingerprint density at radius 2 is 2.18 bits per heavy atom. The average Bonchev–Trinajstić information content (AvgIpc) is 1.98. The van der Waals surface area contributed by atoms with Crippen molar-refractivity contribution in [3.63, 3.8) is 0 Å². The summed E-state index contributed by atoms with van der Waals surface area (Å²) in [7, 11) is 0. The van der Waals surface area contributed by atoms with E-state index in [1.807, 2.05) is 0 Å². The Morgan fingerprint density at radius 1 is 1.45 bits per heavy atom. The number of anilines is 1. The number of rotatable bonds is 2. The maximum atomic E-state index is 12.8. The van der Waals surface area contributed by atoms with Crippen molar-refractivity contribution in [3.05, 3.63) is 29.6 Å². The molecular weight excluding hydrogens is 145 g/mol. The summed E-state index contributed by atoms with van der Waals surface area (Å²) in [6, 6.07) is 4.34. The van der Waals surface area contributed by atoms with Crippen LogP contribution in [-0.4, -0.2) is 11.7 Å². The lowest BCUT2D eigenvalue weighted by molar-refractivity contribution is 0.297. The highest BCUT2D eigenvalue weighted by Gasteiger charge is 2.00. The third-order valence-corrected chi connectivity index (χ3v) is 1.45. The molecule has 60 valence electrons. The molecule has 2 nitrogen and oxygen atoms in total. The normalized spacial score (nSPS) is 10.0. The van der Waals surface area contributed by atoms with Gasteiger partial charge in [0.1, 0.15) is 5.82 Å². The second-order valence-corrected chi connectivity index (χ2v) is 2.32. The van der Waals surface area contributed by atoms with E-state index in [4.69, 9.17) is 10.8 Å². The van der Waals surface area contributed by atoms with Crippen molar-refractivity contribution in [1.29, 1.82) is 0 Å². The maximum Gasteiger partial charge on any atom is 0.126 e. The smallest absolute Gasteiger partial charge is 0.126 e. The molecule has 0 fully saturated rings. The molecule has 11 heavy (non-hydrogen) atoms. The van der Waals surface area contributed by atoms with Gasteiger partial charge in [-0.25, -0.2) is 4.39 Å². The molecule has 3 heteroatoms. The van der Waals surface area contributed by atoms with Crippen molar-refractivity contribution < 1.29 is 9.50 Å². The van der Waals surface area contributed by atoms with Gasteiger partial charge < -0.3 is 10.8 Å². The molecule has 0 aliphatic rings. The molecule has 0 bridgehead atoms. The molecule has 3 N–H and O–H groups in total. The first kappa shape index (κ1) is 8.01. The van der Waals surface area contributed by atoms with E-state index in [-0.39, 0.29) is 12.4 Å². The fourth-order valence-corrected chi connectivity index (χ4v) is 0.907. The van der Waals surface area contributed by atoms with Crippen LogP contribution in [0.3, 0.4) is 0 Å². The zero-order valence-corrected chi connectivity index (χ0v) is 6.05. The summed E-state index contributed by atoms with van der Waals surface area (Å²) < 4.78 is 12.8. The van der Waals surface area contributed by atoms with Gasteiger partial charge in [0, 0.05) is 12.3 Å².